The average Bonchev–Trinajstić information content (AvgIpc) is 2.87. The monoisotopic (exact) mass is 241 g/mol. The molecule has 1 aromatic heterocycles. The third-order valence-corrected chi connectivity index (χ3v) is 4.35. The molecule has 2 heterocycles. The molecule has 1 aliphatic heterocycles. The molecule has 0 spiro atoms. The molecular formula is C10H15N3S2. The number of hydrogen-bond donors (Lipinski definition) is 1. The first-order valence-corrected chi connectivity index (χ1v) is 7.02. The van der Waals surface area contributed by atoms with Gasteiger partial charge >= 0.3 is 0 Å². The lowest BCUT2D eigenvalue weighted by Crippen LogP contribution is -2.22. The molecule has 1 aromatic rings. The van der Waals surface area contributed by atoms with Crippen LogP contribution in [0.1, 0.15) is 31.3 Å². The zero-order valence-corrected chi connectivity index (χ0v) is 10.6. The molecule has 1 aliphatic rings. The van der Waals surface area contributed by atoms with Crippen LogP contribution in [0.15, 0.2) is 16.6 Å². The lowest BCUT2D eigenvalue weighted by Gasteiger charge is -2.10. The van der Waals surface area contributed by atoms with E-state index >= 15 is 0 Å². The lowest BCUT2D eigenvalue weighted by atomic mass is 10.3. The van der Waals surface area contributed by atoms with Crippen molar-refractivity contribution in [3.8, 4) is 0 Å². The highest BCUT2D eigenvalue weighted by atomic mass is 32.2. The van der Waals surface area contributed by atoms with Gasteiger partial charge in [0.05, 0.1) is 12.1 Å². The highest BCUT2D eigenvalue weighted by Crippen LogP contribution is 2.22. The Kier molecular flexibility index (Phi) is 3.64. The van der Waals surface area contributed by atoms with E-state index in [4.69, 9.17) is 0 Å². The van der Waals surface area contributed by atoms with Crippen LogP contribution in [0.2, 0.25) is 0 Å². The van der Waals surface area contributed by atoms with Crippen LogP contribution < -0.4 is 5.32 Å². The van der Waals surface area contributed by atoms with E-state index in [1.54, 1.807) is 11.3 Å². The van der Waals surface area contributed by atoms with Crippen LogP contribution in [0.5, 0.6) is 0 Å². The molecule has 0 aliphatic carbocycles. The molecule has 0 fully saturated rings. The van der Waals surface area contributed by atoms with Gasteiger partial charge in [-0.3, -0.25) is 4.99 Å². The fourth-order valence-corrected chi connectivity index (χ4v) is 3.19. The molecule has 82 valence electrons. The van der Waals surface area contributed by atoms with Crippen LogP contribution in [0, 0.1) is 0 Å². The second-order valence-electron chi connectivity index (χ2n) is 3.54. The highest BCUT2D eigenvalue weighted by Gasteiger charge is 2.18. The summed E-state index contributed by atoms with van der Waals surface area (Å²) < 4.78 is 0. The minimum absolute atomic E-state index is 0.270. The predicted octanol–water partition coefficient (Wildman–Crippen LogP) is 2.68. The summed E-state index contributed by atoms with van der Waals surface area (Å²) in [6.07, 6.45) is 2.97. The van der Waals surface area contributed by atoms with Gasteiger partial charge in [-0.2, -0.15) is 0 Å². The first kappa shape index (κ1) is 11.0. The van der Waals surface area contributed by atoms with Crippen molar-refractivity contribution < 1.29 is 0 Å². The first-order valence-electron chi connectivity index (χ1n) is 5.16. The third kappa shape index (κ3) is 2.72. The Morgan fingerprint density at radius 2 is 2.53 bits per heavy atom. The van der Waals surface area contributed by atoms with E-state index in [1.807, 2.05) is 23.3 Å². The van der Waals surface area contributed by atoms with E-state index in [0.717, 1.165) is 22.3 Å². The van der Waals surface area contributed by atoms with Crippen molar-refractivity contribution >= 4 is 28.3 Å². The number of nitrogens with zero attached hydrogens (tertiary/aromatic N) is 2. The smallest absolute Gasteiger partial charge is 0.157 e. The number of amidine groups is 1. The average molecular weight is 241 g/mol. The second-order valence-corrected chi connectivity index (χ2v) is 5.48. The summed E-state index contributed by atoms with van der Waals surface area (Å²) >= 11 is 3.50. The van der Waals surface area contributed by atoms with Crippen molar-refractivity contribution in [1.29, 1.82) is 0 Å². The maximum Gasteiger partial charge on any atom is 0.157 e. The van der Waals surface area contributed by atoms with Gasteiger partial charge in [0.1, 0.15) is 5.01 Å². The maximum absolute atomic E-state index is 4.60. The van der Waals surface area contributed by atoms with Crippen molar-refractivity contribution in [2.45, 2.75) is 32.4 Å². The maximum atomic E-state index is 4.60. The van der Waals surface area contributed by atoms with E-state index in [1.165, 1.54) is 0 Å². The predicted molar refractivity (Wildman–Crippen MR) is 67.6 cm³/mol. The van der Waals surface area contributed by atoms with Gasteiger partial charge in [-0.15, -0.1) is 11.3 Å². The molecular weight excluding hydrogens is 226 g/mol. The van der Waals surface area contributed by atoms with Crippen molar-refractivity contribution in [3.63, 3.8) is 0 Å². The molecule has 15 heavy (non-hydrogen) atoms. The second kappa shape index (κ2) is 4.99. The molecule has 0 saturated carbocycles. The number of nitrogens with one attached hydrogen (secondary N) is 1. The summed E-state index contributed by atoms with van der Waals surface area (Å²) in [6.45, 7) is 4.31. The van der Waals surface area contributed by atoms with E-state index < -0.39 is 0 Å². The highest BCUT2D eigenvalue weighted by molar-refractivity contribution is 8.14. The summed E-state index contributed by atoms with van der Waals surface area (Å²) in [4.78, 5) is 8.89. The van der Waals surface area contributed by atoms with Crippen LogP contribution in [0.4, 0.5) is 0 Å². The number of thioether (sulfide) groups is 1. The fourth-order valence-electron chi connectivity index (χ4n) is 1.40. The van der Waals surface area contributed by atoms with Crippen molar-refractivity contribution in [1.82, 2.24) is 10.3 Å². The Balaban J connectivity index is 1.93. The van der Waals surface area contributed by atoms with E-state index in [2.05, 4.69) is 29.1 Å². The van der Waals surface area contributed by atoms with Crippen LogP contribution in [-0.2, 0) is 0 Å². The molecule has 1 N–H and O–H groups in total. The number of thiazole rings is 1. The Morgan fingerprint density at radius 3 is 3.13 bits per heavy atom. The van der Waals surface area contributed by atoms with Crippen LogP contribution in [-0.4, -0.2) is 21.9 Å². The molecule has 2 unspecified atom stereocenters. The summed E-state index contributed by atoms with van der Waals surface area (Å²) in [7, 11) is 0. The van der Waals surface area contributed by atoms with Gasteiger partial charge in [0.25, 0.3) is 0 Å². The van der Waals surface area contributed by atoms with Crippen molar-refractivity contribution in [2.24, 2.45) is 4.99 Å². The minimum atomic E-state index is 0.270. The number of aliphatic imine (C=N–C) groups is 1. The molecule has 2 rings (SSSR count). The molecule has 2 atom stereocenters. The van der Waals surface area contributed by atoms with Gasteiger partial charge in [0.15, 0.2) is 5.17 Å². The number of hydrogen-bond acceptors (Lipinski definition) is 5. The quantitative estimate of drug-likeness (QED) is 0.884. The van der Waals surface area contributed by atoms with Gasteiger partial charge < -0.3 is 5.32 Å². The molecule has 5 heteroatoms. The molecule has 0 radical (unpaired) electrons. The Bertz CT molecular complexity index is 334. The van der Waals surface area contributed by atoms with Gasteiger partial charge in [-0.25, -0.2) is 4.98 Å². The van der Waals surface area contributed by atoms with Gasteiger partial charge in [-0.05, 0) is 13.3 Å². The normalized spacial score (nSPS) is 22.5. The topological polar surface area (TPSA) is 37.3 Å². The van der Waals surface area contributed by atoms with Crippen LogP contribution in [0.25, 0.3) is 0 Å². The van der Waals surface area contributed by atoms with E-state index in [-0.39, 0.29) is 6.04 Å². The van der Waals surface area contributed by atoms with Gasteiger partial charge in [0, 0.05) is 17.3 Å². The summed E-state index contributed by atoms with van der Waals surface area (Å²) in [5, 5.41) is 7.61. The van der Waals surface area contributed by atoms with Gasteiger partial charge in [-0.1, -0.05) is 18.7 Å². The summed E-state index contributed by atoms with van der Waals surface area (Å²) in [6, 6.07) is 0.771. The molecule has 0 bridgehead atoms. The molecule has 0 saturated heterocycles. The number of aromatic nitrogens is 1. The summed E-state index contributed by atoms with van der Waals surface area (Å²) in [5.74, 6) is 1.11. The Hall–Kier alpha value is -0.550. The van der Waals surface area contributed by atoms with E-state index in [0.29, 0.717) is 6.04 Å². The minimum Gasteiger partial charge on any atom is -0.356 e. The lowest BCUT2D eigenvalue weighted by molar-refractivity contribution is 0.698. The largest absolute Gasteiger partial charge is 0.356 e. The zero-order valence-electron chi connectivity index (χ0n) is 8.93. The SMILES string of the molecule is CCC1CSC(NC(C)c2nccs2)=N1. The fraction of sp³-hybridized carbons (Fsp3) is 0.600. The Morgan fingerprint density at radius 1 is 1.67 bits per heavy atom. The molecule has 0 aromatic carbocycles. The standard InChI is InChI=1S/C10H15N3S2/c1-3-8-6-15-10(13-8)12-7(2)9-11-4-5-14-9/h4-5,7-8H,3,6H2,1-2H3,(H,12,13). The van der Waals surface area contributed by atoms with Crippen LogP contribution in [0.3, 0.4) is 0 Å². The van der Waals surface area contributed by atoms with Crippen molar-refractivity contribution in [3.05, 3.63) is 16.6 Å². The molecule has 0 amide bonds. The first-order chi connectivity index (χ1) is 7.29. The van der Waals surface area contributed by atoms with Crippen LogP contribution >= 0.6 is 23.1 Å². The molecule has 3 nitrogen and oxygen atoms in total. The van der Waals surface area contributed by atoms with Crippen molar-refractivity contribution in [2.75, 3.05) is 5.75 Å². The van der Waals surface area contributed by atoms with Gasteiger partial charge in [0.2, 0.25) is 0 Å². The van der Waals surface area contributed by atoms with E-state index in [9.17, 15) is 0 Å². The third-order valence-electron chi connectivity index (χ3n) is 2.35. The zero-order chi connectivity index (χ0) is 10.7. The number of rotatable bonds is 3. The Labute approximate surface area is 98.4 Å². The summed E-state index contributed by atoms with van der Waals surface area (Å²) in [5.41, 5.74) is 0.